The van der Waals surface area contributed by atoms with Crippen LogP contribution in [0.15, 0.2) is 72.8 Å². The SMILES string of the molecule is CCCOc1ccc(CNc2ccc(Oc3ccccc3)cc2)cc1Cl. The zero-order valence-electron chi connectivity index (χ0n) is 14.7. The van der Waals surface area contributed by atoms with Gasteiger partial charge in [-0.25, -0.2) is 0 Å². The molecule has 0 unspecified atom stereocenters. The van der Waals surface area contributed by atoms with Crippen molar-refractivity contribution in [3.8, 4) is 17.2 Å². The molecule has 4 heteroatoms. The Balaban J connectivity index is 1.55. The highest BCUT2D eigenvalue weighted by Crippen LogP contribution is 2.26. The highest BCUT2D eigenvalue weighted by molar-refractivity contribution is 6.32. The second-order valence-electron chi connectivity index (χ2n) is 5.91. The summed E-state index contributed by atoms with van der Waals surface area (Å²) in [5, 5.41) is 4.03. The molecule has 0 radical (unpaired) electrons. The van der Waals surface area contributed by atoms with E-state index >= 15 is 0 Å². The Morgan fingerprint density at radius 2 is 1.62 bits per heavy atom. The number of halogens is 1. The Bertz CT molecular complexity index is 819. The number of ether oxygens (including phenoxy) is 2. The molecule has 0 bridgehead atoms. The third kappa shape index (κ3) is 5.17. The van der Waals surface area contributed by atoms with E-state index in [-0.39, 0.29) is 0 Å². The Hall–Kier alpha value is -2.65. The molecule has 0 aliphatic heterocycles. The lowest BCUT2D eigenvalue weighted by molar-refractivity contribution is 0.317. The summed E-state index contributed by atoms with van der Waals surface area (Å²) >= 11 is 6.28. The molecule has 0 aliphatic carbocycles. The van der Waals surface area contributed by atoms with E-state index in [9.17, 15) is 0 Å². The minimum absolute atomic E-state index is 0.643. The minimum Gasteiger partial charge on any atom is -0.492 e. The predicted octanol–water partition coefficient (Wildman–Crippen LogP) is 6.53. The summed E-state index contributed by atoms with van der Waals surface area (Å²) in [5.41, 5.74) is 2.12. The maximum absolute atomic E-state index is 6.28. The van der Waals surface area contributed by atoms with Crippen molar-refractivity contribution in [2.45, 2.75) is 19.9 Å². The highest BCUT2D eigenvalue weighted by atomic mass is 35.5. The molecule has 0 saturated heterocycles. The van der Waals surface area contributed by atoms with Crippen LogP contribution in [-0.2, 0) is 6.54 Å². The van der Waals surface area contributed by atoms with Crippen molar-refractivity contribution in [1.29, 1.82) is 0 Å². The standard InChI is InChI=1S/C22H22ClNO2/c1-2-14-25-22-13-8-17(15-21(22)23)16-24-18-9-11-20(12-10-18)26-19-6-4-3-5-7-19/h3-13,15,24H,2,14,16H2,1H3. The predicted molar refractivity (Wildman–Crippen MR) is 108 cm³/mol. The summed E-state index contributed by atoms with van der Waals surface area (Å²) in [6, 6.07) is 23.5. The van der Waals surface area contributed by atoms with Gasteiger partial charge in [0.1, 0.15) is 17.2 Å². The van der Waals surface area contributed by atoms with Crippen LogP contribution in [0, 0.1) is 0 Å². The van der Waals surface area contributed by atoms with Crippen molar-refractivity contribution >= 4 is 17.3 Å². The molecule has 3 rings (SSSR count). The molecule has 3 nitrogen and oxygen atoms in total. The number of rotatable bonds is 8. The normalized spacial score (nSPS) is 10.4. The maximum atomic E-state index is 6.28. The zero-order chi connectivity index (χ0) is 18.2. The molecule has 1 N–H and O–H groups in total. The second kappa shape index (κ2) is 9.16. The molecule has 3 aromatic rings. The lowest BCUT2D eigenvalue weighted by Gasteiger charge is -2.11. The van der Waals surface area contributed by atoms with Crippen LogP contribution in [0.25, 0.3) is 0 Å². The van der Waals surface area contributed by atoms with Gasteiger partial charge >= 0.3 is 0 Å². The van der Waals surface area contributed by atoms with Crippen LogP contribution in [0.4, 0.5) is 5.69 Å². The number of anilines is 1. The lowest BCUT2D eigenvalue weighted by Crippen LogP contribution is -2.00. The van der Waals surface area contributed by atoms with Crippen LogP contribution >= 0.6 is 11.6 Å². The van der Waals surface area contributed by atoms with E-state index in [0.29, 0.717) is 18.2 Å². The van der Waals surface area contributed by atoms with Crippen LogP contribution in [0.3, 0.4) is 0 Å². The van der Waals surface area contributed by atoms with Gasteiger partial charge in [0.15, 0.2) is 0 Å². The smallest absolute Gasteiger partial charge is 0.137 e. The van der Waals surface area contributed by atoms with Gasteiger partial charge in [0.2, 0.25) is 0 Å². The van der Waals surface area contributed by atoms with E-state index in [0.717, 1.165) is 34.9 Å². The Kier molecular flexibility index (Phi) is 6.39. The number of benzene rings is 3. The summed E-state index contributed by atoms with van der Waals surface area (Å²) in [5.74, 6) is 2.37. The van der Waals surface area contributed by atoms with Crippen molar-refractivity contribution in [3.63, 3.8) is 0 Å². The maximum Gasteiger partial charge on any atom is 0.137 e. The van der Waals surface area contributed by atoms with Gasteiger partial charge in [-0.3, -0.25) is 0 Å². The summed E-state index contributed by atoms with van der Waals surface area (Å²) < 4.78 is 11.4. The van der Waals surface area contributed by atoms with Gasteiger partial charge in [0.05, 0.1) is 11.6 Å². The van der Waals surface area contributed by atoms with E-state index in [4.69, 9.17) is 21.1 Å². The van der Waals surface area contributed by atoms with E-state index in [2.05, 4.69) is 12.2 Å². The van der Waals surface area contributed by atoms with E-state index in [1.807, 2.05) is 72.8 Å². The first kappa shape index (κ1) is 18.2. The molecule has 0 amide bonds. The van der Waals surface area contributed by atoms with Crippen molar-refractivity contribution in [2.75, 3.05) is 11.9 Å². The first-order valence-corrected chi connectivity index (χ1v) is 9.10. The fourth-order valence-electron chi connectivity index (χ4n) is 2.45. The van der Waals surface area contributed by atoms with Gasteiger partial charge in [-0.1, -0.05) is 42.8 Å². The fraction of sp³-hybridized carbons (Fsp3) is 0.182. The Morgan fingerprint density at radius 1 is 0.885 bits per heavy atom. The molecule has 26 heavy (non-hydrogen) atoms. The number of nitrogens with one attached hydrogen (secondary N) is 1. The molecule has 0 aliphatic rings. The minimum atomic E-state index is 0.643. The average Bonchev–Trinajstić information content (AvgIpc) is 2.67. The molecule has 0 saturated carbocycles. The molecule has 0 spiro atoms. The van der Waals surface area contributed by atoms with Crippen LogP contribution in [0.2, 0.25) is 5.02 Å². The van der Waals surface area contributed by atoms with E-state index in [1.54, 1.807) is 0 Å². The average molecular weight is 368 g/mol. The molecule has 0 aromatic heterocycles. The Morgan fingerprint density at radius 3 is 2.31 bits per heavy atom. The fourth-order valence-corrected chi connectivity index (χ4v) is 2.71. The first-order valence-electron chi connectivity index (χ1n) is 8.72. The largest absolute Gasteiger partial charge is 0.492 e. The Labute approximate surface area is 159 Å². The molecular weight excluding hydrogens is 346 g/mol. The first-order chi connectivity index (χ1) is 12.7. The molecule has 0 heterocycles. The van der Waals surface area contributed by atoms with Gasteiger partial charge in [-0.15, -0.1) is 0 Å². The van der Waals surface area contributed by atoms with Gasteiger partial charge in [0.25, 0.3) is 0 Å². The van der Waals surface area contributed by atoms with Crippen molar-refractivity contribution in [1.82, 2.24) is 0 Å². The quantitative estimate of drug-likeness (QED) is 0.490. The molecule has 3 aromatic carbocycles. The summed E-state index contributed by atoms with van der Waals surface area (Å²) in [6.45, 7) is 3.43. The topological polar surface area (TPSA) is 30.5 Å². The molecule has 0 atom stereocenters. The van der Waals surface area contributed by atoms with E-state index < -0.39 is 0 Å². The number of para-hydroxylation sites is 1. The highest BCUT2D eigenvalue weighted by Gasteiger charge is 2.03. The van der Waals surface area contributed by atoms with E-state index in [1.165, 1.54) is 0 Å². The van der Waals surface area contributed by atoms with Crippen molar-refractivity contribution in [2.24, 2.45) is 0 Å². The van der Waals surface area contributed by atoms with Gasteiger partial charge in [-0.05, 0) is 60.5 Å². The number of hydrogen-bond donors (Lipinski definition) is 1. The third-order valence-corrected chi connectivity index (χ3v) is 4.08. The summed E-state index contributed by atoms with van der Waals surface area (Å²) in [6.07, 6.45) is 0.962. The van der Waals surface area contributed by atoms with Crippen molar-refractivity contribution < 1.29 is 9.47 Å². The van der Waals surface area contributed by atoms with Gasteiger partial charge in [-0.2, -0.15) is 0 Å². The summed E-state index contributed by atoms with van der Waals surface area (Å²) in [4.78, 5) is 0. The van der Waals surface area contributed by atoms with Crippen molar-refractivity contribution in [3.05, 3.63) is 83.4 Å². The third-order valence-electron chi connectivity index (χ3n) is 3.79. The molecular formula is C22H22ClNO2. The lowest BCUT2D eigenvalue weighted by atomic mass is 10.2. The van der Waals surface area contributed by atoms with Crippen LogP contribution in [-0.4, -0.2) is 6.61 Å². The van der Waals surface area contributed by atoms with Gasteiger partial charge < -0.3 is 14.8 Å². The zero-order valence-corrected chi connectivity index (χ0v) is 15.5. The number of hydrogen-bond acceptors (Lipinski definition) is 3. The molecule has 134 valence electrons. The summed E-state index contributed by atoms with van der Waals surface area (Å²) in [7, 11) is 0. The van der Waals surface area contributed by atoms with Crippen LogP contribution in [0.1, 0.15) is 18.9 Å². The van der Waals surface area contributed by atoms with Gasteiger partial charge in [0, 0.05) is 12.2 Å². The second-order valence-corrected chi connectivity index (χ2v) is 6.31. The molecule has 0 fully saturated rings. The monoisotopic (exact) mass is 367 g/mol. The van der Waals surface area contributed by atoms with Crippen LogP contribution < -0.4 is 14.8 Å². The van der Waals surface area contributed by atoms with Crippen LogP contribution in [0.5, 0.6) is 17.2 Å².